The Balaban J connectivity index is 2.86. The number of carbonyl (C=O) groups excluding carboxylic acids is 1. The van der Waals surface area contributed by atoms with Gasteiger partial charge in [0.05, 0.1) is 11.7 Å². The smallest absolute Gasteiger partial charge is 0.270 e. The van der Waals surface area contributed by atoms with Gasteiger partial charge in [0.25, 0.3) is 5.91 Å². The van der Waals surface area contributed by atoms with Crippen LogP contribution in [0.25, 0.3) is 0 Å². The number of carbonyl (C=O) groups is 1. The molecule has 1 aromatic heterocycles. The van der Waals surface area contributed by atoms with Gasteiger partial charge in [-0.25, -0.2) is 0 Å². The van der Waals surface area contributed by atoms with E-state index >= 15 is 0 Å². The number of amides is 1. The summed E-state index contributed by atoms with van der Waals surface area (Å²) in [5, 5.41) is 6.89. The zero-order valence-electron chi connectivity index (χ0n) is 9.24. The molecule has 0 spiro atoms. The Bertz CT molecular complexity index is 400. The summed E-state index contributed by atoms with van der Waals surface area (Å²) >= 11 is 0. The van der Waals surface area contributed by atoms with Gasteiger partial charge in [-0.1, -0.05) is 5.92 Å². The first-order valence-electron chi connectivity index (χ1n) is 4.90. The Morgan fingerprint density at radius 1 is 1.80 bits per heavy atom. The lowest BCUT2D eigenvalue weighted by molar-refractivity contribution is 0.0937. The van der Waals surface area contributed by atoms with Crippen molar-refractivity contribution in [2.24, 2.45) is 0 Å². The molecule has 0 aliphatic heterocycles. The Labute approximate surface area is 89.7 Å². The molecule has 0 saturated carbocycles. The highest BCUT2D eigenvalue weighted by molar-refractivity contribution is 5.93. The van der Waals surface area contributed by atoms with Crippen molar-refractivity contribution in [2.45, 2.75) is 33.4 Å². The van der Waals surface area contributed by atoms with Gasteiger partial charge in [0.1, 0.15) is 5.69 Å². The third-order valence-corrected chi connectivity index (χ3v) is 2.03. The van der Waals surface area contributed by atoms with E-state index in [1.165, 1.54) is 0 Å². The summed E-state index contributed by atoms with van der Waals surface area (Å²) < 4.78 is 1.66. The Kier molecular flexibility index (Phi) is 3.51. The lowest BCUT2D eigenvalue weighted by Gasteiger charge is -2.08. The number of rotatable bonds is 3. The lowest BCUT2D eigenvalue weighted by Crippen LogP contribution is -2.32. The largest absolute Gasteiger partial charge is 0.337 e. The third kappa shape index (κ3) is 2.59. The molecule has 0 saturated heterocycles. The molecule has 80 valence electrons. The molecule has 0 fully saturated rings. The van der Waals surface area contributed by atoms with Crippen LogP contribution in [-0.2, 0) is 6.54 Å². The third-order valence-electron chi connectivity index (χ3n) is 2.03. The molecule has 1 aromatic rings. The van der Waals surface area contributed by atoms with Crippen LogP contribution in [0, 0.1) is 19.3 Å². The topological polar surface area (TPSA) is 46.9 Å². The minimum absolute atomic E-state index is 0.178. The van der Waals surface area contributed by atoms with Crippen LogP contribution in [-0.4, -0.2) is 21.7 Å². The molecule has 1 atom stereocenters. The average molecular weight is 205 g/mol. The highest BCUT2D eigenvalue weighted by Crippen LogP contribution is 2.03. The molecule has 0 aromatic carbocycles. The van der Waals surface area contributed by atoms with E-state index in [4.69, 9.17) is 6.42 Å². The van der Waals surface area contributed by atoms with Gasteiger partial charge in [0.15, 0.2) is 0 Å². The fraction of sp³-hybridized carbons (Fsp3) is 0.455. The lowest BCUT2D eigenvalue weighted by atomic mass is 10.3. The van der Waals surface area contributed by atoms with E-state index < -0.39 is 0 Å². The molecule has 1 heterocycles. The van der Waals surface area contributed by atoms with Crippen molar-refractivity contribution in [3.63, 3.8) is 0 Å². The number of nitrogens with zero attached hydrogens (tertiary/aromatic N) is 2. The van der Waals surface area contributed by atoms with E-state index in [9.17, 15) is 4.79 Å². The van der Waals surface area contributed by atoms with E-state index in [-0.39, 0.29) is 11.9 Å². The second-order valence-electron chi connectivity index (χ2n) is 3.35. The van der Waals surface area contributed by atoms with Crippen molar-refractivity contribution in [2.75, 3.05) is 0 Å². The minimum atomic E-state index is -0.266. The normalized spacial score (nSPS) is 11.9. The molecule has 0 radical (unpaired) electrons. The fourth-order valence-corrected chi connectivity index (χ4v) is 1.28. The van der Waals surface area contributed by atoms with Crippen LogP contribution in [0.15, 0.2) is 6.07 Å². The number of aromatic nitrogens is 2. The summed E-state index contributed by atoms with van der Waals surface area (Å²) in [6, 6.07) is 1.49. The molecule has 4 heteroatoms. The Morgan fingerprint density at radius 3 is 3.00 bits per heavy atom. The van der Waals surface area contributed by atoms with Crippen LogP contribution in [0.3, 0.4) is 0 Å². The number of nitrogens with one attached hydrogen (secondary N) is 1. The van der Waals surface area contributed by atoms with Crippen molar-refractivity contribution in [1.82, 2.24) is 15.1 Å². The van der Waals surface area contributed by atoms with Gasteiger partial charge in [-0.15, -0.1) is 6.42 Å². The van der Waals surface area contributed by atoms with Gasteiger partial charge in [-0.2, -0.15) is 5.10 Å². The quantitative estimate of drug-likeness (QED) is 0.747. The molecular formula is C11H15N3O. The van der Waals surface area contributed by atoms with Crippen LogP contribution in [0.1, 0.15) is 30.0 Å². The number of aryl methyl sites for hydroxylation is 2. The second-order valence-corrected chi connectivity index (χ2v) is 3.35. The molecule has 1 N–H and O–H groups in total. The van der Waals surface area contributed by atoms with E-state index in [2.05, 4.69) is 16.3 Å². The Morgan fingerprint density at radius 2 is 2.47 bits per heavy atom. The monoisotopic (exact) mass is 205 g/mol. The zero-order valence-corrected chi connectivity index (χ0v) is 9.24. The van der Waals surface area contributed by atoms with Crippen LogP contribution < -0.4 is 5.32 Å². The van der Waals surface area contributed by atoms with Gasteiger partial charge in [-0.3, -0.25) is 9.48 Å². The predicted octanol–water partition coefficient (Wildman–Crippen LogP) is 0.963. The first kappa shape index (κ1) is 11.3. The van der Waals surface area contributed by atoms with Gasteiger partial charge in [0.2, 0.25) is 0 Å². The first-order chi connectivity index (χ1) is 7.08. The van der Waals surface area contributed by atoms with Crippen molar-refractivity contribution in [1.29, 1.82) is 0 Å². The van der Waals surface area contributed by atoms with Crippen molar-refractivity contribution >= 4 is 5.91 Å². The van der Waals surface area contributed by atoms with Crippen LogP contribution in [0.2, 0.25) is 0 Å². The SMILES string of the molecule is C#CC(C)NC(=O)c1cc(C)nn1CC. The first-order valence-corrected chi connectivity index (χ1v) is 4.90. The number of hydrogen-bond acceptors (Lipinski definition) is 2. The number of hydrogen-bond donors (Lipinski definition) is 1. The molecular weight excluding hydrogens is 190 g/mol. The molecule has 1 unspecified atom stereocenters. The highest BCUT2D eigenvalue weighted by atomic mass is 16.2. The summed E-state index contributed by atoms with van der Waals surface area (Å²) in [5.74, 6) is 2.27. The molecule has 1 amide bonds. The van der Waals surface area contributed by atoms with Gasteiger partial charge in [-0.05, 0) is 26.8 Å². The van der Waals surface area contributed by atoms with Crippen LogP contribution in [0.4, 0.5) is 0 Å². The zero-order chi connectivity index (χ0) is 11.4. The van der Waals surface area contributed by atoms with Crippen LogP contribution >= 0.6 is 0 Å². The van der Waals surface area contributed by atoms with Crippen LogP contribution in [0.5, 0.6) is 0 Å². The molecule has 0 aliphatic rings. The average Bonchev–Trinajstić information content (AvgIpc) is 2.59. The standard InChI is InChI=1S/C11H15N3O/c1-5-8(3)12-11(15)10-7-9(4)13-14(10)6-2/h1,7-8H,6H2,2-4H3,(H,12,15). The summed E-state index contributed by atoms with van der Waals surface area (Å²) in [6.07, 6.45) is 5.19. The van der Waals surface area contributed by atoms with Crippen molar-refractivity contribution < 1.29 is 4.79 Å². The fourth-order valence-electron chi connectivity index (χ4n) is 1.28. The van der Waals surface area contributed by atoms with E-state index in [0.29, 0.717) is 12.2 Å². The molecule has 15 heavy (non-hydrogen) atoms. The van der Waals surface area contributed by atoms with Gasteiger partial charge < -0.3 is 5.32 Å². The van der Waals surface area contributed by atoms with E-state index in [1.54, 1.807) is 17.7 Å². The summed E-state index contributed by atoms with van der Waals surface area (Å²) in [6.45, 7) is 6.22. The molecule has 0 aliphatic carbocycles. The maximum absolute atomic E-state index is 11.7. The molecule has 4 nitrogen and oxygen atoms in total. The van der Waals surface area contributed by atoms with Crippen molar-refractivity contribution in [3.8, 4) is 12.3 Å². The van der Waals surface area contributed by atoms with Gasteiger partial charge >= 0.3 is 0 Å². The summed E-state index contributed by atoms with van der Waals surface area (Å²) in [5.41, 5.74) is 1.38. The Hall–Kier alpha value is -1.76. The predicted molar refractivity (Wildman–Crippen MR) is 58.4 cm³/mol. The summed E-state index contributed by atoms with van der Waals surface area (Å²) in [4.78, 5) is 11.7. The van der Waals surface area contributed by atoms with Crippen molar-refractivity contribution in [3.05, 3.63) is 17.5 Å². The number of terminal acetylenes is 1. The second kappa shape index (κ2) is 4.65. The highest BCUT2D eigenvalue weighted by Gasteiger charge is 2.13. The maximum atomic E-state index is 11.7. The van der Waals surface area contributed by atoms with E-state index in [1.807, 2.05) is 13.8 Å². The summed E-state index contributed by atoms with van der Waals surface area (Å²) in [7, 11) is 0. The minimum Gasteiger partial charge on any atom is -0.337 e. The van der Waals surface area contributed by atoms with E-state index in [0.717, 1.165) is 5.69 Å². The molecule has 1 rings (SSSR count). The maximum Gasteiger partial charge on any atom is 0.270 e. The van der Waals surface area contributed by atoms with Gasteiger partial charge in [0, 0.05) is 6.54 Å². The molecule has 0 bridgehead atoms.